The van der Waals surface area contributed by atoms with Crippen LogP contribution in [0.5, 0.6) is 0 Å². The van der Waals surface area contributed by atoms with E-state index in [9.17, 15) is 22.9 Å². The Kier molecular flexibility index (Phi) is 3.75. The van der Waals surface area contributed by atoms with Crippen LogP contribution in [0.4, 0.5) is 10.1 Å². The van der Waals surface area contributed by atoms with E-state index < -0.39 is 36.4 Å². The van der Waals surface area contributed by atoms with Gasteiger partial charge in [0.2, 0.25) is 10.0 Å². The highest BCUT2D eigenvalue weighted by molar-refractivity contribution is 7.89. The SMILES string of the molecule is O=[N+]([O-])c1cc(F)c(S(=O)(=O)NCC2CC2)cc1Cl. The van der Waals surface area contributed by atoms with E-state index in [0.29, 0.717) is 6.07 Å². The van der Waals surface area contributed by atoms with Crippen molar-refractivity contribution in [3.63, 3.8) is 0 Å². The van der Waals surface area contributed by atoms with Crippen LogP contribution in [0.25, 0.3) is 0 Å². The van der Waals surface area contributed by atoms with Gasteiger partial charge in [-0.15, -0.1) is 0 Å². The first-order valence-corrected chi connectivity index (χ1v) is 7.30. The fourth-order valence-electron chi connectivity index (χ4n) is 1.49. The van der Waals surface area contributed by atoms with E-state index in [1.54, 1.807) is 0 Å². The van der Waals surface area contributed by atoms with E-state index in [1.807, 2.05) is 0 Å². The number of nitro benzene ring substituents is 1. The maximum atomic E-state index is 13.6. The molecular weight excluding hydrogens is 299 g/mol. The van der Waals surface area contributed by atoms with E-state index in [1.165, 1.54) is 0 Å². The van der Waals surface area contributed by atoms with Gasteiger partial charge in [-0.3, -0.25) is 10.1 Å². The molecule has 0 bridgehead atoms. The first-order chi connectivity index (χ1) is 8.81. The third-order valence-corrected chi connectivity index (χ3v) is 4.49. The molecule has 1 aromatic rings. The molecule has 9 heteroatoms. The average molecular weight is 309 g/mol. The van der Waals surface area contributed by atoms with Gasteiger partial charge >= 0.3 is 0 Å². The van der Waals surface area contributed by atoms with Crippen LogP contribution in [0.1, 0.15) is 12.8 Å². The molecular formula is C10H10ClFN2O4S. The number of nitrogens with one attached hydrogen (secondary N) is 1. The van der Waals surface area contributed by atoms with Gasteiger partial charge in [-0.2, -0.15) is 0 Å². The zero-order chi connectivity index (χ0) is 14.2. The molecule has 6 nitrogen and oxygen atoms in total. The molecule has 0 aromatic heterocycles. The standard InChI is InChI=1S/C10H10ClFN2O4S/c11-7-3-10(8(12)4-9(7)14(15)16)19(17,18)13-5-6-1-2-6/h3-4,6,13H,1-2,5H2. The van der Waals surface area contributed by atoms with E-state index in [0.717, 1.165) is 18.9 Å². The lowest BCUT2D eigenvalue weighted by molar-refractivity contribution is -0.384. The van der Waals surface area contributed by atoms with Crippen molar-refractivity contribution in [2.45, 2.75) is 17.7 Å². The van der Waals surface area contributed by atoms with Gasteiger partial charge in [0.05, 0.1) is 11.0 Å². The summed E-state index contributed by atoms with van der Waals surface area (Å²) in [4.78, 5) is 8.99. The molecule has 1 fully saturated rings. The number of benzene rings is 1. The number of halogens is 2. The van der Waals surface area contributed by atoms with Crippen LogP contribution >= 0.6 is 11.6 Å². The smallest absolute Gasteiger partial charge is 0.258 e. The maximum Gasteiger partial charge on any atom is 0.290 e. The molecule has 19 heavy (non-hydrogen) atoms. The van der Waals surface area contributed by atoms with Crippen molar-refractivity contribution in [1.29, 1.82) is 0 Å². The van der Waals surface area contributed by atoms with Crippen molar-refractivity contribution in [2.24, 2.45) is 5.92 Å². The third kappa shape index (κ3) is 3.20. The summed E-state index contributed by atoms with van der Waals surface area (Å²) in [5, 5.41) is 10.1. The lowest BCUT2D eigenvalue weighted by Crippen LogP contribution is -2.26. The Balaban J connectivity index is 2.33. The number of rotatable bonds is 5. The fourth-order valence-corrected chi connectivity index (χ4v) is 2.99. The summed E-state index contributed by atoms with van der Waals surface area (Å²) in [5.41, 5.74) is -0.666. The van der Waals surface area contributed by atoms with Crippen LogP contribution < -0.4 is 4.72 Å². The van der Waals surface area contributed by atoms with Crippen molar-refractivity contribution in [3.05, 3.63) is 33.1 Å². The molecule has 0 aliphatic heterocycles. The second-order valence-corrected chi connectivity index (χ2v) is 6.43. The largest absolute Gasteiger partial charge is 0.290 e. The highest BCUT2D eigenvalue weighted by Crippen LogP contribution is 2.31. The van der Waals surface area contributed by atoms with Crippen molar-refractivity contribution < 1.29 is 17.7 Å². The number of nitro groups is 1. The minimum atomic E-state index is -4.04. The molecule has 1 aliphatic carbocycles. The monoisotopic (exact) mass is 308 g/mol. The van der Waals surface area contributed by atoms with Crippen molar-refractivity contribution >= 4 is 27.3 Å². The Morgan fingerprint density at radius 1 is 1.47 bits per heavy atom. The second kappa shape index (κ2) is 5.03. The van der Waals surface area contributed by atoms with Crippen LogP contribution in [0.2, 0.25) is 5.02 Å². The Bertz CT molecular complexity index is 631. The lowest BCUT2D eigenvalue weighted by atomic mass is 10.3. The minimum Gasteiger partial charge on any atom is -0.258 e. The zero-order valence-corrected chi connectivity index (χ0v) is 11.2. The van der Waals surface area contributed by atoms with Gasteiger partial charge in [-0.05, 0) is 24.8 Å². The van der Waals surface area contributed by atoms with Crippen molar-refractivity contribution in [3.8, 4) is 0 Å². The molecule has 1 N–H and O–H groups in total. The summed E-state index contributed by atoms with van der Waals surface area (Å²) in [6.45, 7) is 0.233. The van der Waals surface area contributed by atoms with Gasteiger partial charge in [-0.1, -0.05) is 11.6 Å². The first-order valence-electron chi connectivity index (χ1n) is 5.44. The van der Waals surface area contributed by atoms with Gasteiger partial charge in [0.1, 0.15) is 15.7 Å². The minimum absolute atomic E-state index is 0.233. The number of nitrogens with zero attached hydrogens (tertiary/aromatic N) is 1. The van der Waals surface area contributed by atoms with E-state index in [4.69, 9.17) is 11.6 Å². The van der Waals surface area contributed by atoms with Crippen LogP contribution in [0.15, 0.2) is 17.0 Å². The van der Waals surface area contributed by atoms with Gasteiger partial charge in [-0.25, -0.2) is 17.5 Å². The second-order valence-electron chi connectivity index (χ2n) is 4.29. The molecule has 1 aromatic carbocycles. The van der Waals surface area contributed by atoms with Crippen molar-refractivity contribution in [2.75, 3.05) is 6.54 Å². The lowest BCUT2D eigenvalue weighted by Gasteiger charge is -2.07. The number of sulfonamides is 1. The van der Waals surface area contributed by atoms with Crippen LogP contribution in [-0.2, 0) is 10.0 Å². The van der Waals surface area contributed by atoms with E-state index >= 15 is 0 Å². The topological polar surface area (TPSA) is 89.3 Å². The Morgan fingerprint density at radius 3 is 2.63 bits per heavy atom. The van der Waals surface area contributed by atoms with Crippen LogP contribution in [0, 0.1) is 21.8 Å². The maximum absolute atomic E-state index is 13.6. The summed E-state index contributed by atoms with van der Waals surface area (Å²) in [5.74, 6) is -0.911. The summed E-state index contributed by atoms with van der Waals surface area (Å²) in [6, 6.07) is 1.26. The predicted octanol–water partition coefficient (Wildman–Crippen LogP) is 2.08. The quantitative estimate of drug-likeness (QED) is 0.666. The van der Waals surface area contributed by atoms with Gasteiger partial charge < -0.3 is 0 Å². The van der Waals surface area contributed by atoms with E-state index in [-0.39, 0.29) is 12.5 Å². The molecule has 0 heterocycles. The normalized spacial score (nSPS) is 15.5. The van der Waals surface area contributed by atoms with Gasteiger partial charge in [0.25, 0.3) is 5.69 Å². The molecule has 0 atom stereocenters. The van der Waals surface area contributed by atoms with E-state index in [2.05, 4.69) is 4.72 Å². The molecule has 0 unspecified atom stereocenters. The van der Waals surface area contributed by atoms with Crippen molar-refractivity contribution in [1.82, 2.24) is 4.72 Å². The number of hydrogen-bond donors (Lipinski definition) is 1. The Morgan fingerprint density at radius 2 is 2.11 bits per heavy atom. The summed E-state index contributed by atoms with van der Waals surface area (Å²) < 4.78 is 39.6. The molecule has 1 saturated carbocycles. The first kappa shape index (κ1) is 14.2. The third-order valence-electron chi connectivity index (χ3n) is 2.75. The highest BCUT2D eigenvalue weighted by Gasteiger charge is 2.28. The molecule has 0 radical (unpaired) electrons. The summed E-state index contributed by atoms with van der Waals surface area (Å²) >= 11 is 5.58. The molecule has 0 spiro atoms. The van der Waals surface area contributed by atoms with Gasteiger partial charge in [0, 0.05) is 6.54 Å². The molecule has 0 amide bonds. The van der Waals surface area contributed by atoms with Crippen LogP contribution in [0.3, 0.4) is 0 Å². The molecule has 2 rings (SSSR count). The molecule has 104 valence electrons. The Labute approximate surface area is 113 Å². The Hall–Kier alpha value is -1.25. The average Bonchev–Trinajstić information content (AvgIpc) is 3.12. The number of hydrogen-bond acceptors (Lipinski definition) is 4. The highest BCUT2D eigenvalue weighted by atomic mass is 35.5. The molecule has 0 saturated heterocycles. The van der Waals surface area contributed by atoms with Gasteiger partial charge in [0.15, 0.2) is 0 Å². The predicted molar refractivity (Wildman–Crippen MR) is 66.0 cm³/mol. The molecule has 1 aliphatic rings. The summed E-state index contributed by atoms with van der Waals surface area (Å²) in [6.07, 6.45) is 1.87. The van der Waals surface area contributed by atoms with Crippen LogP contribution in [-0.4, -0.2) is 19.9 Å². The fraction of sp³-hybridized carbons (Fsp3) is 0.400. The summed E-state index contributed by atoms with van der Waals surface area (Å²) in [7, 11) is -4.04. The zero-order valence-electron chi connectivity index (χ0n) is 9.60.